The molecule has 1 amide bonds. The van der Waals surface area contributed by atoms with Gasteiger partial charge in [0.25, 0.3) is 0 Å². The number of carbonyl (C=O) groups is 1. The smallest absolute Gasteiger partial charge is 0.244 e. The van der Waals surface area contributed by atoms with E-state index < -0.39 is 5.60 Å². The quantitative estimate of drug-likeness (QED) is 0.802. The lowest BCUT2D eigenvalue weighted by atomic mass is 10.1. The summed E-state index contributed by atoms with van der Waals surface area (Å²) in [6.45, 7) is 4.66. The average molecular weight is 305 g/mol. The lowest BCUT2D eigenvalue weighted by molar-refractivity contribution is -0.117. The van der Waals surface area contributed by atoms with Crippen LogP contribution in [0.1, 0.15) is 24.5 Å². The fourth-order valence-corrected chi connectivity index (χ4v) is 2.67. The average Bonchev–Trinajstić information content (AvgIpc) is 3.13. The third kappa shape index (κ3) is 4.03. The number of hydrogen-bond acceptors (Lipinski definition) is 4. The van der Waals surface area contributed by atoms with Crippen molar-refractivity contribution in [2.24, 2.45) is 0 Å². The summed E-state index contributed by atoms with van der Waals surface area (Å²) in [6, 6.07) is 3.73. The van der Waals surface area contributed by atoms with Crippen LogP contribution in [0.25, 0.3) is 6.08 Å². The minimum Gasteiger partial charge on any atom is -0.383 e. The van der Waals surface area contributed by atoms with Crippen molar-refractivity contribution in [1.82, 2.24) is 14.9 Å². The number of nitrogens with one attached hydrogen (secondary N) is 1. The van der Waals surface area contributed by atoms with Crippen molar-refractivity contribution in [3.63, 3.8) is 0 Å². The van der Waals surface area contributed by atoms with Gasteiger partial charge in [0.2, 0.25) is 5.91 Å². The Bertz CT molecular complexity index is 615. The van der Waals surface area contributed by atoms with Crippen molar-refractivity contribution in [2.45, 2.75) is 26.0 Å². The molecule has 6 heteroatoms. The zero-order valence-corrected chi connectivity index (χ0v) is 12.9. The van der Waals surface area contributed by atoms with Crippen molar-refractivity contribution in [3.8, 4) is 0 Å². The summed E-state index contributed by atoms with van der Waals surface area (Å²) in [6.07, 6.45) is 6.65. The standard InChI is InChI=1S/C15H19N3O2S/c1-3-18-9-8-16-13(18)6-7-14(19)17-11-15(2,20)12-5-4-10-21-12/h4-10,20H,3,11H2,1-2H3,(H,17,19)/b7-6+. The Labute approximate surface area is 128 Å². The number of nitrogens with zero attached hydrogens (tertiary/aromatic N) is 2. The second-order valence-electron chi connectivity index (χ2n) is 4.87. The highest BCUT2D eigenvalue weighted by atomic mass is 32.1. The number of amides is 1. The molecule has 0 radical (unpaired) electrons. The fraction of sp³-hybridized carbons (Fsp3) is 0.333. The Balaban J connectivity index is 1.91. The maximum atomic E-state index is 11.8. The van der Waals surface area contributed by atoms with E-state index in [0.29, 0.717) is 0 Å². The van der Waals surface area contributed by atoms with Crippen LogP contribution in [0.3, 0.4) is 0 Å². The van der Waals surface area contributed by atoms with Gasteiger partial charge in [-0.25, -0.2) is 4.98 Å². The molecular weight excluding hydrogens is 286 g/mol. The Morgan fingerprint density at radius 1 is 1.62 bits per heavy atom. The summed E-state index contributed by atoms with van der Waals surface area (Å²) in [7, 11) is 0. The summed E-state index contributed by atoms with van der Waals surface area (Å²) in [5.41, 5.74) is -1.06. The first-order chi connectivity index (χ1) is 10.0. The highest BCUT2D eigenvalue weighted by Gasteiger charge is 2.24. The number of rotatable bonds is 6. The van der Waals surface area contributed by atoms with Gasteiger partial charge >= 0.3 is 0 Å². The first-order valence-corrected chi connectivity index (χ1v) is 7.64. The first kappa shape index (κ1) is 15.5. The summed E-state index contributed by atoms with van der Waals surface area (Å²) < 4.78 is 1.94. The van der Waals surface area contributed by atoms with Crippen LogP contribution in [0.5, 0.6) is 0 Å². The second kappa shape index (κ2) is 6.69. The number of imidazole rings is 1. The van der Waals surface area contributed by atoms with Gasteiger partial charge in [0.1, 0.15) is 11.4 Å². The molecule has 0 saturated heterocycles. The molecule has 0 aliphatic rings. The number of aliphatic hydroxyl groups is 1. The van der Waals surface area contributed by atoms with Crippen LogP contribution < -0.4 is 5.32 Å². The molecule has 112 valence electrons. The Hall–Kier alpha value is -1.92. The van der Waals surface area contributed by atoms with Crippen molar-refractivity contribution in [3.05, 3.63) is 46.7 Å². The molecule has 0 spiro atoms. The number of thiophene rings is 1. The predicted molar refractivity (Wildman–Crippen MR) is 83.8 cm³/mol. The number of carbonyl (C=O) groups excluding carboxylic acids is 1. The van der Waals surface area contributed by atoms with Crippen LogP contribution in [-0.2, 0) is 16.9 Å². The molecule has 2 aromatic rings. The molecule has 21 heavy (non-hydrogen) atoms. The molecule has 0 aliphatic heterocycles. The zero-order valence-electron chi connectivity index (χ0n) is 12.1. The highest BCUT2D eigenvalue weighted by Crippen LogP contribution is 2.24. The van der Waals surface area contributed by atoms with Gasteiger partial charge in [-0.15, -0.1) is 11.3 Å². The molecule has 0 saturated carbocycles. The van der Waals surface area contributed by atoms with Crippen LogP contribution in [0, 0.1) is 0 Å². The van der Waals surface area contributed by atoms with E-state index in [4.69, 9.17) is 0 Å². The van der Waals surface area contributed by atoms with Gasteiger partial charge in [-0.2, -0.15) is 0 Å². The van der Waals surface area contributed by atoms with Gasteiger partial charge in [0, 0.05) is 29.9 Å². The number of aromatic nitrogens is 2. The van der Waals surface area contributed by atoms with Crippen LogP contribution in [0.2, 0.25) is 0 Å². The highest BCUT2D eigenvalue weighted by molar-refractivity contribution is 7.10. The lowest BCUT2D eigenvalue weighted by Gasteiger charge is -2.21. The molecule has 1 unspecified atom stereocenters. The van der Waals surface area contributed by atoms with E-state index >= 15 is 0 Å². The molecule has 2 heterocycles. The van der Waals surface area contributed by atoms with Crippen LogP contribution in [0.4, 0.5) is 0 Å². The second-order valence-corrected chi connectivity index (χ2v) is 5.82. The van der Waals surface area contributed by atoms with Crippen LogP contribution in [-0.4, -0.2) is 27.1 Å². The maximum absolute atomic E-state index is 11.8. The molecule has 2 rings (SSSR count). The Morgan fingerprint density at radius 2 is 2.43 bits per heavy atom. The normalized spacial score (nSPS) is 14.2. The summed E-state index contributed by atoms with van der Waals surface area (Å²) in [5.74, 6) is 0.482. The van der Waals surface area contributed by atoms with E-state index in [1.54, 1.807) is 19.2 Å². The van der Waals surface area contributed by atoms with Gasteiger partial charge in [0.15, 0.2) is 0 Å². The van der Waals surface area contributed by atoms with E-state index in [1.165, 1.54) is 17.4 Å². The monoisotopic (exact) mass is 305 g/mol. The zero-order chi connectivity index (χ0) is 15.3. The van der Waals surface area contributed by atoms with E-state index in [-0.39, 0.29) is 12.5 Å². The first-order valence-electron chi connectivity index (χ1n) is 6.76. The van der Waals surface area contributed by atoms with Gasteiger partial charge in [0.05, 0.1) is 6.54 Å². The lowest BCUT2D eigenvalue weighted by Crippen LogP contribution is -2.37. The molecule has 2 N–H and O–H groups in total. The minimum atomic E-state index is -1.06. The SMILES string of the molecule is CCn1ccnc1/C=C/C(=O)NCC(C)(O)c1cccs1. The largest absolute Gasteiger partial charge is 0.383 e. The summed E-state index contributed by atoms with van der Waals surface area (Å²) >= 11 is 1.47. The fourth-order valence-electron chi connectivity index (χ4n) is 1.89. The Morgan fingerprint density at radius 3 is 3.10 bits per heavy atom. The van der Waals surface area contributed by atoms with E-state index in [0.717, 1.165) is 17.2 Å². The van der Waals surface area contributed by atoms with Crippen LogP contribution >= 0.6 is 11.3 Å². The van der Waals surface area contributed by atoms with Crippen molar-refractivity contribution in [1.29, 1.82) is 0 Å². The summed E-state index contributed by atoms with van der Waals surface area (Å²) in [4.78, 5) is 16.8. The topological polar surface area (TPSA) is 67.2 Å². The van der Waals surface area contributed by atoms with Crippen molar-refractivity contribution >= 4 is 23.3 Å². The summed E-state index contributed by atoms with van der Waals surface area (Å²) in [5, 5.41) is 14.9. The molecule has 2 aromatic heterocycles. The van der Waals surface area contributed by atoms with E-state index in [9.17, 15) is 9.90 Å². The minimum absolute atomic E-state index is 0.166. The van der Waals surface area contributed by atoms with E-state index in [2.05, 4.69) is 10.3 Å². The van der Waals surface area contributed by atoms with E-state index in [1.807, 2.05) is 35.2 Å². The predicted octanol–water partition coefficient (Wildman–Crippen LogP) is 2.00. The maximum Gasteiger partial charge on any atom is 0.244 e. The van der Waals surface area contributed by atoms with Crippen molar-refractivity contribution < 1.29 is 9.90 Å². The molecule has 0 aromatic carbocycles. The van der Waals surface area contributed by atoms with Gasteiger partial charge in [-0.05, 0) is 31.4 Å². The van der Waals surface area contributed by atoms with Gasteiger partial charge in [-0.1, -0.05) is 6.07 Å². The molecule has 0 fully saturated rings. The molecule has 5 nitrogen and oxygen atoms in total. The number of hydrogen-bond donors (Lipinski definition) is 2. The molecular formula is C15H19N3O2S. The van der Waals surface area contributed by atoms with Gasteiger partial charge in [-0.3, -0.25) is 4.79 Å². The molecule has 1 atom stereocenters. The Kier molecular flexibility index (Phi) is 4.93. The number of aryl methyl sites for hydroxylation is 1. The molecule has 0 bridgehead atoms. The third-order valence-electron chi connectivity index (χ3n) is 3.13. The van der Waals surface area contributed by atoms with Crippen LogP contribution in [0.15, 0.2) is 36.0 Å². The molecule has 0 aliphatic carbocycles. The van der Waals surface area contributed by atoms with Crippen molar-refractivity contribution in [2.75, 3.05) is 6.54 Å². The third-order valence-corrected chi connectivity index (χ3v) is 4.25. The van der Waals surface area contributed by atoms with Gasteiger partial charge < -0.3 is 15.0 Å².